The fourth-order valence-corrected chi connectivity index (χ4v) is 4.15. The number of H-pyrrole nitrogens is 1. The first-order chi connectivity index (χ1) is 11.2. The molecule has 1 saturated heterocycles. The van der Waals surface area contributed by atoms with Crippen LogP contribution < -0.4 is 4.90 Å². The zero-order valence-electron chi connectivity index (χ0n) is 12.9. The number of aryl methyl sites for hydroxylation is 1. The van der Waals surface area contributed by atoms with E-state index in [0.717, 1.165) is 42.0 Å². The van der Waals surface area contributed by atoms with E-state index in [2.05, 4.69) is 37.8 Å². The van der Waals surface area contributed by atoms with E-state index >= 15 is 0 Å². The summed E-state index contributed by atoms with van der Waals surface area (Å²) >= 11 is 1.70. The molecule has 1 atom stereocenters. The lowest BCUT2D eigenvalue weighted by molar-refractivity contribution is 0.0856. The molecule has 0 aliphatic carbocycles. The minimum Gasteiger partial charge on any atom is -0.385 e. The monoisotopic (exact) mass is 329 g/mol. The summed E-state index contributed by atoms with van der Waals surface area (Å²) in [5.41, 5.74) is 0. The van der Waals surface area contributed by atoms with E-state index in [1.807, 2.05) is 0 Å². The van der Waals surface area contributed by atoms with Crippen LogP contribution in [0.2, 0.25) is 0 Å². The molecule has 120 valence electrons. The van der Waals surface area contributed by atoms with Gasteiger partial charge in [-0.2, -0.15) is 0 Å². The Balaban J connectivity index is 1.51. The molecule has 1 fully saturated rings. The van der Waals surface area contributed by atoms with Crippen molar-refractivity contribution in [3.63, 3.8) is 0 Å². The highest BCUT2D eigenvalue weighted by molar-refractivity contribution is 7.18. The molecule has 0 aromatic carbocycles. The van der Waals surface area contributed by atoms with Gasteiger partial charge in [0.05, 0.1) is 5.39 Å². The van der Waals surface area contributed by atoms with Gasteiger partial charge in [0.2, 0.25) is 0 Å². The highest BCUT2D eigenvalue weighted by Gasteiger charge is 2.28. The summed E-state index contributed by atoms with van der Waals surface area (Å²) in [6, 6.07) is 2.17. The van der Waals surface area contributed by atoms with E-state index in [1.54, 1.807) is 30.1 Å². The van der Waals surface area contributed by atoms with Crippen molar-refractivity contribution >= 4 is 27.4 Å². The van der Waals surface area contributed by atoms with Gasteiger partial charge in [0.1, 0.15) is 28.9 Å². The third-order valence-electron chi connectivity index (χ3n) is 4.52. The molecule has 3 aromatic heterocycles. The maximum absolute atomic E-state index is 10.4. The van der Waals surface area contributed by atoms with Crippen LogP contribution in [0.3, 0.4) is 0 Å². The van der Waals surface area contributed by atoms with Crippen LogP contribution >= 0.6 is 11.3 Å². The molecule has 3 aromatic rings. The van der Waals surface area contributed by atoms with Crippen molar-refractivity contribution < 1.29 is 5.11 Å². The second-order valence-corrected chi connectivity index (χ2v) is 7.25. The number of aliphatic hydroxyl groups is 1. The molecule has 2 N–H and O–H groups in total. The molecule has 4 rings (SSSR count). The van der Waals surface area contributed by atoms with E-state index < -0.39 is 6.10 Å². The Morgan fingerprint density at radius 1 is 1.30 bits per heavy atom. The Morgan fingerprint density at radius 2 is 2.13 bits per heavy atom. The number of aliphatic hydroxyl groups excluding tert-OH is 1. The Labute approximate surface area is 138 Å². The summed E-state index contributed by atoms with van der Waals surface area (Å²) in [4.78, 5) is 20.7. The van der Waals surface area contributed by atoms with Crippen molar-refractivity contribution in [2.75, 3.05) is 18.0 Å². The summed E-state index contributed by atoms with van der Waals surface area (Å²) < 4.78 is 0. The lowest BCUT2D eigenvalue weighted by Crippen LogP contribution is -2.36. The molecule has 0 unspecified atom stereocenters. The average Bonchev–Trinajstić information content (AvgIpc) is 3.22. The van der Waals surface area contributed by atoms with Crippen LogP contribution in [0.1, 0.15) is 29.6 Å². The van der Waals surface area contributed by atoms with Crippen LogP contribution in [0.4, 0.5) is 5.82 Å². The van der Waals surface area contributed by atoms with Gasteiger partial charge >= 0.3 is 0 Å². The molecule has 1 aliphatic heterocycles. The summed E-state index contributed by atoms with van der Waals surface area (Å²) in [5.74, 6) is 1.92. The number of aromatic nitrogens is 4. The van der Waals surface area contributed by atoms with Gasteiger partial charge in [0, 0.05) is 30.4 Å². The first kappa shape index (κ1) is 14.6. The number of hydrogen-bond acceptors (Lipinski definition) is 6. The lowest BCUT2D eigenvalue weighted by Gasteiger charge is -2.34. The molecule has 0 spiro atoms. The third kappa shape index (κ3) is 2.70. The number of piperidine rings is 1. The lowest BCUT2D eigenvalue weighted by atomic mass is 9.91. The van der Waals surface area contributed by atoms with Crippen molar-refractivity contribution in [2.45, 2.75) is 25.9 Å². The Morgan fingerprint density at radius 3 is 2.87 bits per heavy atom. The first-order valence-corrected chi connectivity index (χ1v) is 8.67. The number of fused-ring (bicyclic) bond motifs is 1. The van der Waals surface area contributed by atoms with Crippen LogP contribution in [-0.4, -0.2) is 38.1 Å². The van der Waals surface area contributed by atoms with E-state index in [9.17, 15) is 5.11 Å². The Bertz CT molecular complexity index is 792. The zero-order chi connectivity index (χ0) is 15.8. The highest BCUT2D eigenvalue weighted by atomic mass is 32.1. The topological polar surface area (TPSA) is 77.9 Å². The van der Waals surface area contributed by atoms with Gasteiger partial charge in [-0.15, -0.1) is 11.3 Å². The smallest absolute Gasteiger partial charge is 0.140 e. The van der Waals surface area contributed by atoms with Crippen molar-refractivity contribution in [2.24, 2.45) is 5.92 Å². The number of imidazole rings is 1. The summed E-state index contributed by atoms with van der Waals surface area (Å²) in [6.07, 6.45) is 6.43. The SMILES string of the molecule is Cc1cc2c(N3CCC([C@H](O)c4ncc[nH]4)CC3)ncnc2s1. The van der Waals surface area contributed by atoms with Crippen molar-refractivity contribution in [1.29, 1.82) is 0 Å². The number of aromatic amines is 1. The van der Waals surface area contributed by atoms with Crippen LogP contribution in [0, 0.1) is 12.8 Å². The number of hydrogen-bond donors (Lipinski definition) is 2. The van der Waals surface area contributed by atoms with Gasteiger partial charge in [0.25, 0.3) is 0 Å². The maximum Gasteiger partial charge on any atom is 0.140 e. The molecule has 4 heterocycles. The molecular weight excluding hydrogens is 310 g/mol. The maximum atomic E-state index is 10.4. The largest absolute Gasteiger partial charge is 0.385 e. The van der Waals surface area contributed by atoms with Gasteiger partial charge in [-0.1, -0.05) is 0 Å². The quantitative estimate of drug-likeness (QED) is 0.772. The fourth-order valence-electron chi connectivity index (χ4n) is 3.31. The molecule has 0 saturated carbocycles. The molecule has 0 amide bonds. The van der Waals surface area contributed by atoms with E-state index in [1.165, 1.54) is 4.88 Å². The van der Waals surface area contributed by atoms with Crippen molar-refractivity contribution in [3.05, 3.63) is 35.5 Å². The molecule has 7 heteroatoms. The molecule has 6 nitrogen and oxygen atoms in total. The first-order valence-electron chi connectivity index (χ1n) is 7.86. The minimum absolute atomic E-state index is 0.235. The second kappa shape index (κ2) is 5.90. The summed E-state index contributed by atoms with van der Waals surface area (Å²) in [6.45, 7) is 3.88. The number of nitrogens with one attached hydrogen (secondary N) is 1. The van der Waals surface area contributed by atoms with Gasteiger partial charge < -0.3 is 15.0 Å². The van der Waals surface area contributed by atoms with Crippen LogP contribution in [0.15, 0.2) is 24.8 Å². The van der Waals surface area contributed by atoms with E-state index in [4.69, 9.17) is 0 Å². The van der Waals surface area contributed by atoms with Gasteiger partial charge in [-0.25, -0.2) is 15.0 Å². The standard InChI is InChI=1S/C16H19N5OS/c1-10-8-12-15(19-9-20-16(12)23-10)21-6-2-11(3-7-21)13(22)14-17-4-5-18-14/h4-5,8-9,11,13,22H,2-3,6-7H2,1H3,(H,17,18)/t13-/m0/s1. The number of anilines is 1. The molecular formula is C16H19N5OS. The van der Waals surface area contributed by atoms with Gasteiger partial charge in [-0.3, -0.25) is 0 Å². The second-order valence-electron chi connectivity index (χ2n) is 6.02. The Kier molecular flexibility index (Phi) is 3.74. The molecule has 1 aliphatic rings. The van der Waals surface area contributed by atoms with Crippen molar-refractivity contribution in [1.82, 2.24) is 19.9 Å². The normalized spacial score (nSPS) is 17.7. The zero-order valence-corrected chi connectivity index (χ0v) is 13.8. The summed E-state index contributed by atoms with van der Waals surface area (Å²) in [7, 11) is 0. The van der Waals surface area contributed by atoms with Crippen LogP contribution in [0.25, 0.3) is 10.2 Å². The van der Waals surface area contributed by atoms with Crippen LogP contribution in [-0.2, 0) is 0 Å². The third-order valence-corrected chi connectivity index (χ3v) is 5.48. The number of rotatable bonds is 3. The average molecular weight is 329 g/mol. The molecule has 0 radical (unpaired) electrons. The number of nitrogens with zero attached hydrogens (tertiary/aromatic N) is 4. The fraction of sp³-hybridized carbons (Fsp3) is 0.438. The predicted molar refractivity (Wildman–Crippen MR) is 90.6 cm³/mol. The molecule has 0 bridgehead atoms. The van der Waals surface area contributed by atoms with E-state index in [-0.39, 0.29) is 5.92 Å². The predicted octanol–water partition coefficient (Wildman–Crippen LogP) is 2.67. The van der Waals surface area contributed by atoms with Crippen LogP contribution in [0.5, 0.6) is 0 Å². The number of thiophene rings is 1. The Hall–Kier alpha value is -1.99. The van der Waals surface area contributed by atoms with Gasteiger partial charge in [0.15, 0.2) is 0 Å². The summed E-state index contributed by atoms with van der Waals surface area (Å²) in [5, 5.41) is 11.6. The van der Waals surface area contributed by atoms with Gasteiger partial charge in [-0.05, 0) is 31.7 Å². The highest BCUT2D eigenvalue weighted by Crippen LogP contribution is 2.34. The van der Waals surface area contributed by atoms with E-state index in [0.29, 0.717) is 5.82 Å². The molecule has 23 heavy (non-hydrogen) atoms. The minimum atomic E-state index is -0.513. The van der Waals surface area contributed by atoms with Crippen molar-refractivity contribution in [3.8, 4) is 0 Å².